The van der Waals surface area contributed by atoms with Crippen LogP contribution in [0.2, 0.25) is 0 Å². The van der Waals surface area contributed by atoms with E-state index in [0.717, 1.165) is 6.42 Å². The smallest absolute Gasteiger partial charge is 0.326 e. The van der Waals surface area contributed by atoms with Gasteiger partial charge in [0.2, 0.25) is 5.91 Å². The van der Waals surface area contributed by atoms with Crippen molar-refractivity contribution in [3.63, 3.8) is 0 Å². The second-order valence-corrected chi connectivity index (χ2v) is 4.70. The van der Waals surface area contributed by atoms with Crippen LogP contribution in [0.5, 0.6) is 0 Å². The first kappa shape index (κ1) is 18.2. The number of urea groups is 1. The van der Waals surface area contributed by atoms with Crippen LogP contribution >= 0.6 is 0 Å². The van der Waals surface area contributed by atoms with E-state index in [1.54, 1.807) is 6.92 Å². The molecule has 20 heavy (non-hydrogen) atoms. The number of carboxylic acid groups (broad SMARTS) is 1. The highest BCUT2D eigenvalue weighted by Gasteiger charge is 2.25. The van der Waals surface area contributed by atoms with E-state index in [0.29, 0.717) is 13.0 Å². The minimum absolute atomic E-state index is 0.135. The molecule has 7 heteroatoms. The molecule has 0 saturated carbocycles. The summed E-state index contributed by atoms with van der Waals surface area (Å²) in [7, 11) is 0. The first-order chi connectivity index (χ1) is 9.42. The molecule has 0 aliphatic heterocycles. The molecule has 0 saturated heterocycles. The maximum Gasteiger partial charge on any atom is 0.326 e. The number of carbonyl (C=O) groups is 3. The fourth-order valence-electron chi connectivity index (χ4n) is 1.52. The molecule has 116 valence electrons. The van der Waals surface area contributed by atoms with E-state index in [1.165, 1.54) is 0 Å². The Hall–Kier alpha value is -1.79. The first-order valence-electron chi connectivity index (χ1n) is 6.96. The third-order valence-corrected chi connectivity index (χ3v) is 2.98. The molecule has 2 atom stereocenters. The Balaban J connectivity index is 4.03. The molecule has 0 aliphatic carbocycles. The SMILES string of the molecule is CCCNC(=O)CCNC(=O)NC(C(=O)O)C(C)CC. The van der Waals surface area contributed by atoms with Crippen LogP contribution in [0.1, 0.15) is 40.0 Å². The Morgan fingerprint density at radius 3 is 2.25 bits per heavy atom. The van der Waals surface area contributed by atoms with Gasteiger partial charge >= 0.3 is 12.0 Å². The summed E-state index contributed by atoms with van der Waals surface area (Å²) in [5.41, 5.74) is 0. The molecule has 7 nitrogen and oxygen atoms in total. The summed E-state index contributed by atoms with van der Waals surface area (Å²) < 4.78 is 0. The van der Waals surface area contributed by atoms with Crippen molar-refractivity contribution in [2.45, 2.75) is 46.1 Å². The van der Waals surface area contributed by atoms with E-state index < -0.39 is 18.0 Å². The van der Waals surface area contributed by atoms with Gasteiger partial charge in [-0.1, -0.05) is 27.2 Å². The number of nitrogens with one attached hydrogen (secondary N) is 3. The average Bonchev–Trinajstić information content (AvgIpc) is 2.41. The topological polar surface area (TPSA) is 108 Å². The van der Waals surface area contributed by atoms with E-state index in [1.807, 2.05) is 13.8 Å². The van der Waals surface area contributed by atoms with E-state index in [-0.39, 0.29) is 24.8 Å². The van der Waals surface area contributed by atoms with Crippen molar-refractivity contribution in [3.05, 3.63) is 0 Å². The number of carbonyl (C=O) groups excluding carboxylic acids is 2. The highest BCUT2D eigenvalue weighted by atomic mass is 16.4. The molecule has 0 rings (SSSR count). The van der Waals surface area contributed by atoms with E-state index in [4.69, 9.17) is 5.11 Å². The lowest BCUT2D eigenvalue weighted by Crippen LogP contribution is -2.49. The molecule has 3 amide bonds. The number of aliphatic carboxylic acids is 1. The molecule has 0 aromatic heterocycles. The van der Waals surface area contributed by atoms with E-state index in [2.05, 4.69) is 16.0 Å². The van der Waals surface area contributed by atoms with Crippen molar-refractivity contribution in [1.82, 2.24) is 16.0 Å². The Labute approximate surface area is 119 Å². The molecule has 4 N–H and O–H groups in total. The normalized spacial score (nSPS) is 13.2. The average molecular weight is 287 g/mol. The number of carboxylic acids is 1. The van der Waals surface area contributed by atoms with Gasteiger partial charge in [-0.2, -0.15) is 0 Å². The quantitative estimate of drug-likeness (QED) is 0.500. The summed E-state index contributed by atoms with van der Waals surface area (Å²) in [5.74, 6) is -1.36. The van der Waals surface area contributed by atoms with E-state index in [9.17, 15) is 14.4 Å². The van der Waals surface area contributed by atoms with Gasteiger partial charge in [0.25, 0.3) is 0 Å². The minimum Gasteiger partial charge on any atom is -0.480 e. The number of hydrogen-bond acceptors (Lipinski definition) is 3. The fourth-order valence-corrected chi connectivity index (χ4v) is 1.52. The molecule has 2 unspecified atom stereocenters. The van der Waals surface area contributed by atoms with Crippen LogP contribution < -0.4 is 16.0 Å². The highest BCUT2D eigenvalue weighted by molar-refractivity contribution is 5.83. The lowest BCUT2D eigenvalue weighted by atomic mass is 9.99. The molecule has 0 fully saturated rings. The second kappa shape index (κ2) is 10.1. The third-order valence-electron chi connectivity index (χ3n) is 2.98. The van der Waals surface area contributed by atoms with Gasteiger partial charge in [0.05, 0.1) is 0 Å². The van der Waals surface area contributed by atoms with Crippen LogP contribution in [0.3, 0.4) is 0 Å². The van der Waals surface area contributed by atoms with Crippen molar-refractivity contribution in [2.24, 2.45) is 5.92 Å². The predicted octanol–water partition coefficient (Wildman–Crippen LogP) is 0.701. The number of amides is 3. The molecular weight excluding hydrogens is 262 g/mol. The molecule has 0 aromatic carbocycles. The maximum absolute atomic E-state index is 11.6. The van der Waals surface area contributed by atoms with Gasteiger partial charge < -0.3 is 21.1 Å². The van der Waals surface area contributed by atoms with Crippen molar-refractivity contribution >= 4 is 17.9 Å². The molecule has 0 aromatic rings. The van der Waals surface area contributed by atoms with Crippen molar-refractivity contribution < 1.29 is 19.5 Å². The Morgan fingerprint density at radius 1 is 1.10 bits per heavy atom. The van der Waals surface area contributed by atoms with E-state index >= 15 is 0 Å². The molecule has 0 heterocycles. The number of hydrogen-bond donors (Lipinski definition) is 4. The summed E-state index contributed by atoms with van der Waals surface area (Å²) >= 11 is 0. The number of rotatable bonds is 9. The summed E-state index contributed by atoms with van der Waals surface area (Å²) in [6.07, 6.45) is 1.68. The van der Waals surface area contributed by atoms with Gasteiger partial charge in [-0.3, -0.25) is 4.79 Å². The van der Waals surface area contributed by atoms with Crippen LogP contribution in [0, 0.1) is 5.92 Å². The Bertz CT molecular complexity index is 334. The van der Waals surface area contributed by atoms with Crippen molar-refractivity contribution in [1.29, 1.82) is 0 Å². The van der Waals surface area contributed by atoms with Crippen LogP contribution in [0.4, 0.5) is 4.79 Å². The van der Waals surface area contributed by atoms with Gasteiger partial charge in [-0.15, -0.1) is 0 Å². The molecular formula is C13H25N3O4. The van der Waals surface area contributed by atoms with Gasteiger partial charge in [0, 0.05) is 19.5 Å². The third kappa shape index (κ3) is 7.60. The lowest BCUT2D eigenvalue weighted by molar-refractivity contribution is -0.140. The first-order valence-corrected chi connectivity index (χ1v) is 6.96. The van der Waals surface area contributed by atoms with Gasteiger partial charge in [0.15, 0.2) is 0 Å². The minimum atomic E-state index is -1.06. The second-order valence-electron chi connectivity index (χ2n) is 4.70. The Kier molecular flexibility index (Phi) is 9.15. The van der Waals surface area contributed by atoms with Crippen LogP contribution in [-0.2, 0) is 9.59 Å². The van der Waals surface area contributed by atoms with Gasteiger partial charge in [0.1, 0.15) is 6.04 Å². The highest BCUT2D eigenvalue weighted by Crippen LogP contribution is 2.07. The zero-order valence-electron chi connectivity index (χ0n) is 12.4. The molecule has 0 radical (unpaired) electrons. The van der Waals surface area contributed by atoms with Crippen LogP contribution in [0.15, 0.2) is 0 Å². The molecule has 0 aliphatic rings. The Morgan fingerprint density at radius 2 is 1.75 bits per heavy atom. The maximum atomic E-state index is 11.6. The van der Waals surface area contributed by atoms with Crippen LogP contribution in [-0.4, -0.2) is 42.1 Å². The van der Waals surface area contributed by atoms with Crippen molar-refractivity contribution in [2.75, 3.05) is 13.1 Å². The standard InChI is InChI=1S/C13H25N3O4/c1-4-7-14-10(17)6-8-15-13(20)16-11(12(18)19)9(3)5-2/h9,11H,4-8H2,1-3H3,(H,14,17)(H,18,19)(H2,15,16,20). The summed E-state index contributed by atoms with van der Waals surface area (Å²) in [6, 6.07) is -1.49. The zero-order chi connectivity index (χ0) is 15.5. The monoisotopic (exact) mass is 287 g/mol. The largest absolute Gasteiger partial charge is 0.480 e. The summed E-state index contributed by atoms with van der Waals surface area (Å²) in [5, 5.41) is 16.6. The van der Waals surface area contributed by atoms with Crippen molar-refractivity contribution in [3.8, 4) is 0 Å². The summed E-state index contributed by atoms with van der Waals surface area (Å²) in [6.45, 7) is 6.36. The fraction of sp³-hybridized carbons (Fsp3) is 0.769. The molecule has 0 spiro atoms. The van der Waals surface area contributed by atoms with Crippen LogP contribution in [0.25, 0.3) is 0 Å². The predicted molar refractivity (Wildman–Crippen MR) is 75.3 cm³/mol. The lowest BCUT2D eigenvalue weighted by Gasteiger charge is -2.20. The summed E-state index contributed by atoms with van der Waals surface area (Å²) in [4.78, 5) is 33.9. The zero-order valence-corrected chi connectivity index (χ0v) is 12.4. The van der Waals surface area contributed by atoms with Gasteiger partial charge in [-0.25, -0.2) is 9.59 Å². The van der Waals surface area contributed by atoms with Gasteiger partial charge in [-0.05, 0) is 12.3 Å². The molecule has 0 bridgehead atoms.